The van der Waals surface area contributed by atoms with Crippen molar-refractivity contribution in [3.8, 4) is 5.75 Å². The van der Waals surface area contributed by atoms with E-state index in [0.29, 0.717) is 23.3 Å². The summed E-state index contributed by atoms with van der Waals surface area (Å²) in [6, 6.07) is 7.06. The number of ether oxygens (including phenoxy) is 2. The molecule has 6 heteroatoms. The minimum absolute atomic E-state index is 0.208. The summed E-state index contributed by atoms with van der Waals surface area (Å²) in [7, 11) is 0. The quantitative estimate of drug-likeness (QED) is 0.525. The molecule has 5 nitrogen and oxygen atoms in total. The van der Waals surface area contributed by atoms with Gasteiger partial charge in [-0.1, -0.05) is 25.4 Å². The number of hydrogen-bond acceptors (Lipinski definition) is 4. The van der Waals surface area contributed by atoms with Gasteiger partial charge >= 0.3 is 5.97 Å². The Bertz CT molecular complexity index is 708. The molecule has 0 fully saturated rings. The lowest BCUT2D eigenvalue weighted by molar-refractivity contribution is -0.143. The van der Waals surface area contributed by atoms with Gasteiger partial charge in [-0.25, -0.2) is 0 Å². The molecule has 0 unspecified atom stereocenters. The Balaban J connectivity index is 1.80. The van der Waals surface area contributed by atoms with Crippen molar-refractivity contribution in [3.05, 3.63) is 46.2 Å². The zero-order valence-electron chi connectivity index (χ0n) is 15.2. The van der Waals surface area contributed by atoms with Gasteiger partial charge in [0, 0.05) is 22.8 Å². The van der Waals surface area contributed by atoms with E-state index in [2.05, 4.69) is 18.9 Å². The zero-order valence-corrected chi connectivity index (χ0v) is 16.0. The molecule has 1 heterocycles. The summed E-state index contributed by atoms with van der Waals surface area (Å²) < 4.78 is 12.7. The lowest BCUT2D eigenvalue weighted by Crippen LogP contribution is -2.15. The summed E-state index contributed by atoms with van der Waals surface area (Å²) in [5.74, 6) is 0.930. The highest BCUT2D eigenvalue weighted by Gasteiger charge is 2.16. The molecule has 136 valence electrons. The fourth-order valence-corrected chi connectivity index (χ4v) is 2.68. The lowest BCUT2D eigenvalue weighted by atomic mass is 10.1. The summed E-state index contributed by atoms with van der Waals surface area (Å²) in [4.78, 5) is 12.1. The number of aryl methyl sites for hydroxylation is 1. The number of benzene rings is 1. The number of rotatable bonds is 8. The topological polar surface area (TPSA) is 53.4 Å². The van der Waals surface area contributed by atoms with Crippen molar-refractivity contribution in [1.82, 2.24) is 9.78 Å². The fraction of sp³-hybridized carbons (Fsp3) is 0.474. The van der Waals surface area contributed by atoms with Crippen LogP contribution in [-0.2, 0) is 22.5 Å². The summed E-state index contributed by atoms with van der Waals surface area (Å²) in [6.45, 7) is 9.56. The second-order valence-electron chi connectivity index (χ2n) is 6.42. The van der Waals surface area contributed by atoms with Crippen LogP contribution >= 0.6 is 11.6 Å². The molecule has 0 aliphatic rings. The summed E-state index contributed by atoms with van der Waals surface area (Å²) in [5.41, 5.74) is 2.86. The van der Waals surface area contributed by atoms with E-state index in [-0.39, 0.29) is 19.0 Å². The van der Waals surface area contributed by atoms with E-state index in [9.17, 15) is 4.79 Å². The van der Waals surface area contributed by atoms with Crippen molar-refractivity contribution in [3.63, 3.8) is 0 Å². The van der Waals surface area contributed by atoms with E-state index < -0.39 is 0 Å². The highest BCUT2D eigenvalue weighted by atomic mass is 35.5. The van der Waals surface area contributed by atoms with E-state index in [0.717, 1.165) is 23.5 Å². The van der Waals surface area contributed by atoms with Crippen molar-refractivity contribution in [2.75, 3.05) is 13.2 Å². The Kier molecular flexibility index (Phi) is 6.88. The molecule has 25 heavy (non-hydrogen) atoms. The first-order chi connectivity index (χ1) is 11.9. The van der Waals surface area contributed by atoms with Gasteiger partial charge in [0.2, 0.25) is 0 Å². The Hall–Kier alpha value is -2.01. The van der Waals surface area contributed by atoms with Gasteiger partial charge in [-0.15, -0.1) is 0 Å². The summed E-state index contributed by atoms with van der Waals surface area (Å²) in [5, 5.41) is 5.18. The molecule has 0 bridgehead atoms. The van der Waals surface area contributed by atoms with Gasteiger partial charge in [0.15, 0.2) is 0 Å². The van der Waals surface area contributed by atoms with Gasteiger partial charge in [0.05, 0.1) is 12.1 Å². The van der Waals surface area contributed by atoms with Crippen molar-refractivity contribution in [1.29, 1.82) is 0 Å². The lowest BCUT2D eigenvalue weighted by Gasteiger charge is -2.09. The van der Waals surface area contributed by atoms with E-state index in [1.807, 2.05) is 18.5 Å². The Morgan fingerprint density at radius 2 is 1.88 bits per heavy atom. The first kappa shape index (κ1) is 19.3. The molecule has 0 saturated heterocycles. The van der Waals surface area contributed by atoms with Crippen molar-refractivity contribution >= 4 is 17.6 Å². The standard InChI is InChI=1S/C19H25ClN2O3/c1-13(2)12-22-15(4)18(14(3)21-22)11-19(23)25-10-9-24-17-7-5-16(20)6-8-17/h5-8,13H,9-12H2,1-4H3. The number of nitrogens with zero attached hydrogens (tertiary/aromatic N) is 2. The largest absolute Gasteiger partial charge is 0.490 e. The van der Waals surface area contributed by atoms with Crippen LogP contribution in [0, 0.1) is 19.8 Å². The van der Waals surface area contributed by atoms with E-state index in [4.69, 9.17) is 21.1 Å². The molecular weight excluding hydrogens is 340 g/mol. The van der Waals surface area contributed by atoms with Crippen LogP contribution in [0.3, 0.4) is 0 Å². The predicted octanol–water partition coefficient (Wildman–Crippen LogP) is 3.97. The third-order valence-corrected chi connectivity index (χ3v) is 4.07. The maximum absolute atomic E-state index is 12.1. The van der Waals surface area contributed by atoms with Gasteiger partial charge in [-0.3, -0.25) is 9.48 Å². The second kappa shape index (κ2) is 8.90. The number of halogens is 1. The van der Waals surface area contributed by atoms with Crippen LogP contribution < -0.4 is 4.74 Å². The van der Waals surface area contributed by atoms with Crippen LogP contribution in [0.4, 0.5) is 0 Å². The van der Waals surface area contributed by atoms with Gasteiger partial charge < -0.3 is 9.47 Å². The zero-order chi connectivity index (χ0) is 18.4. The van der Waals surface area contributed by atoms with Gasteiger partial charge in [-0.2, -0.15) is 5.10 Å². The summed E-state index contributed by atoms with van der Waals surface area (Å²) >= 11 is 5.81. The van der Waals surface area contributed by atoms with Gasteiger partial charge in [0.25, 0.3) is 0 Å². The number of hydrogen-bond donors (Lipinski definition) is 0. The van der Waals surface area contributed by atoms with Crippen molar-refractivity contribution in [2.45, 2.75) is 40.7 Å². The number of carbonyl (C=O) groups is 1. The molecular formula is C19H25ClN2O3. The second-order valence-corrected chi connectivity index (χ2v) is 6.86. The third-order valence-electron chi connectivity index (χ3n) is 3.82. The van der Waals surface area contributed by atoms with Gasteiger partial charge in [-0.05, 0) is 44.0 Å². The highest BCUT2D eigenvalue weighted by Crippen LogP contribution is 2.17. The smallest absolute Gasteiger partial charge is 0.310 e. The third kappa shape index (κ3) is 5.78. The van der Waals surface area contributed by atoms with E-state index in [1.165, 1.54) is 0 Å². The molecule has 0 radical (unpaired) electrons. The number of esters is 1. The molecule has 2 aromatic rings. The molecule has 0 atom stereocenters. The van der Waals surface area contributed by atoms with Crippen LogP contribution in [0.5, 0.6) is 5.75 Å². The highest BCUT2D eigenvalue weighted by molar-refractivity contribution is 6.30. The summed E-state index contributed by atoms with van der Waals surface area (Å²) in [6.07, 6.45) is 0.233. The normalized spacial score (nSPS) is 11.0. The monoisotopic (exact) mass is 364 g/mol. The average molecular weight is 365 g/mol. The van der Waals surface area contributed by atoms with Crippen LogP contribution in [0.25, 0.3) is 0 Å². The average Bonchev–Trinajstić information content (AvgIpc) is 2.80. The van der Waals surface area contributed by atoms with Crippen molar-refractivity contribution in [2.24, 2.45) is 5.92 Å². The molecule has 0 amide bonds. The van der Waals surface area contributed by atoms with Crippen LogP contribution in [-0.4, -0.2) is 29.0 Å². The SMILES string of the molecule is Cc1nn(CC(C)C)c(C)c1CC(=O)OCCOc1ccc(Cl)cc1. The molecule has 1 aromatic heterocycles. The molecule has 1 aromatic carbocycles. The molecule has 0 spiro atoms. The van der Waals surface area contributed by atoms with Crippen LogP contribution in [0.2, 0.25) is 5.02 Å². The van der Waals surface area contributed by atoms with Crippen LogP contribution in [0.15, 0.2) is 24.3 Å². The Morgan fingerprint density at radius 3 is 2.52 bits per heavy atom. The molecule has 2 rings (SSSR count). The van der Waals surface area contributed by atoms with Gasteiger partial charge in [0.1, 0.15) is 19.0 Å². The first-order valence-corrected chi connectivity index (χ1v) is 8.81. The number of aromatic nitrogens is 2. The minimum Gasteiger partial charge on any atom is -0.490 e. The molecule has 0 aliphatic heterocycles. The molecule has 0 aliphatic carbocycles. The van der Waals surface area contributed by atoms with Crippen molar-refractivity contribution < 1.29 is 14.3 Å². The Morgan fingerprint density at radius 1 is 1.20 bits per heavy atom. The Labute approximate surface area is 153 Å². The van der Waals surface area contributed by atoms with Crippen LogP contribution in [0.1, 0.15) is 30.8 Å². The first-order valence-electron chi connectivity index (χ1n) is 8.43. The maximum atomic E-state index is 12.1. The fourth-order valence-electron chi connectivity index (χ4n) is 2.55. The van der Waals surface area contributed by atoms with E-state index in [1.54, 1.807) is 24.3 Å². The van der Waals surface area contributed by atoms with E-state index >= 15 is 0 Å². The number of carbonyl (C=O) groups excluding carboxylic acids is 1. The predicted molar refractivity (Wildman–Crippen MR) is 98.1 cm³/mol. The molecule has 0 N–H and O–H groups in total. The maximum Gasteiger partial charge on any atom is 0.310 e. The molecule has 0 saturated carbocycles. The minimum atomic E-state index is -0.269.